The molecule has 1 aliphatic rings. The van der Waals surface area contributed by atoms with Gasteiger partial charge in [-0.3, -0.25) is 0 Å². The van der Waals surface area contributed by atoms with Crippen molar-refractivity contribution < 1.29 is 14.7 Å². The highest BCUT2D eigenvalue weighted by Crippen LogP contribution is 2.18. The molecular weight excluding hydrogens is 208 g/mol. The first kappa shape index (κ1) is 12.8. The molecule has 16 heavy (non-hydrogen) atoms. The summed E-state index contributed by atoms with van der Waals surface area (Å²) < 4.78 is 5.28. The van der Waals surface area contributed by atoms with E-state index in [1.807, 2.05) is 20.8 Å². The van der Waals surface area contributed by atoms with Crippen molar-refractivity contribution in [1.82, 2.24) is 4.90 Å². The van der Waals surface area contributed by atoms with Gasteiger partial charge in [0.05, 0.1) is 0 Å². The predicted molar refractivity (Wildman–Crippen MR) is 60.8 cm³/mol. The van der Waals surface area contributed by atoms with Gasteiger partial charge in [0.15, 0.2) is 0 Å². The molecule has 1 heterocycles. The van der Waals surface area contributed by atoms with Gasteiger partial charge in [-0.05, 0) is 33.6 Å². The van der Waals surface area contributed by atoms with Crippen LogP contribution >= 0.6 is 0 Å². The maximum Gasteiger partial charge on any atom is 0.410 e. The first-order chi connectivity index (χ1) is 7.42. The van der Waals surface area contributed by atoms with Gasteiger partial charge in [0, 0.05) is 25.2 Å². The lowest BCUT2D eigenvalue weighted by atomic mass is 9.99. The van der Waals surface area contributed by atoms with Crippen molar-refractivity contribution in [2.45, 2.75) is 39.2 Å². The topological polar surface area (TPSA) is 62.1 Å². The summed E-state index contributed by atoms with van der Waals surface area (Å²) in [5.74, 6) is 0.267. The third-order valence-corrected chi connectivity index (χ3v) is 2.47. The van der Waals surface area contributed by atoms with E-state index in [0.717, 1.165) is 12.8 Å². The molecule has 5 nitrogen and oxygen atoms in total. The van der Waals surface area contributed by atoms with Gasteiger partial charge in [0.2, 0.25) is 0 Å². The quantitative estimate of drug-likeness (QED) is 0.424. The smallest absolute Gasteiger partial charge is 0.410 e. The van der Waals surface area contributed by atoms with Gasteiger partial charge in [-0.25, -0.2) is 4.79 Å². The number of oxime groups is 1. The molecule has 1 aliphatic heterocycles. The lowest BCUT2D eigenvalue weighted by Crippen LogP contribution is -2.41. The molecule has 0 aliphatic carbocycles. The van der Waals surface area contributed by atoms with E-state index >= 15 is 0 Å². The number of carbonyl (C=O) groups excluding carboxylic acids is 1. The molecule has 0 unspecified atom stereocenters. The number of hydrogen-bond acceptors (Lipinski definition) is 4. The van der Waals surface area contributed by atoms with Crippen LogP contribution in [0.2, 0.25) is 0 Å². The number of likely N-dealkylation sites (tertiary alicyclic amines) is 1. The zero-order chi connectivity index (χ0) is 12.2. The lowest BCUT2D eigenvalue weighted by molar-refractivity contribution is 0.0202. The Balaban J connectivity index is 2.39. The summed E-state index contributed by atoms with van der Waals surface area (Å²) >= 11 is 0. The van der Waals surface area contributed by atoms with E-state index in [4.69, 9.17) is 9.94 Å². The van der Waals surface area contributed by atoms with Crippen LogP contribution in [-0.4, -0.2) is 41.1 Å². The number of amides is 1. The molecule has 1 saturated heterocycles. The largest absolute Gasteiger partial charge is 0.444 e. The molecule has 0 saturated carbocycles. The summed E-state index contributed by atoms with van der Waals surface area (Å²) in [6, 6.07) is 0. The fraction of sp³-hybridized carbons (Fsp3) is 0.818. The molecule has 0 atom stereocenters. The zero-order valence-electron chi connectivity index (χ0n) is 10.1. The van der Waals surface area contributed by atoms with E-state index in [1.165, 1.54) is 6.21 Å². The highest BCUT2D eigenvalue weighted by Gasteiger charge is 2.26. The predicted octanol–water partition coefficient (Wildman–Crippen LogP) is 2.09. The van der Waals surface area contributed by atoms with Gasteiger partial charge in [-0.1, -0.05) is 0 Å². The minimum atomic E-state index is -0.444. The molecule has 0 bridgehead atoms. The first-order valence-corrected chi connectivity index (χ1v) is 5.58. The number of carbonyl (C=O) groups is 1. The maximum absolute atomic E-state index is 11.7. The zero-order valence-corrected chi connectivity index (χ0v) is 10.1. The lowest BCUT2D eigenvalue weighted by Gasteiger charge is -2.32. The highest BCUT2D eigenvalue weighted by atomic mass is 16.6. The summed E-state index contributed by atoms with van der Waals surface area (Å²) in [5.41, 5.74) is -0.444. The van der Waals surface area contributed by atoms with E-state index in [1.54, 1.807) is 4.90 Å². The van der Waals surface area contributed by atoms with Gasteiger partial charge in [0.1, 0.15) is 5.60 Å². The monoisotopic (exact) mass is 228 g/mol. The third-order valence-electron chi connectivity index (χ3n) is 2.47. The number of piperidine rings is 1. The van der Waals surface area contributed by atoms with Crippen LogP contribution in [0, 0.1) is 5.92 Å². The standard InChI is InChI=1S/C11H20N2O3/c1-11(2,3)16-10(14)13-6-4-9(5-7-13)8-12-15/h8-9,15H,4-7H2,1-3H3. The van der Waals surface area contributed by atoms with Crippen LogP contribution in [-0.2, 0) is 4.74 Å². The summed E-state index contributed by atoms with van der Waals surface area (Å²) in [5, 5.41) is 11.4. The van der Waals surface area contributed by atoms with Crippen LogP contribution < -0.4 is 0 Å². The van der Waals surface area contributed by atoms with Crippen molar-refractivity contribution in [2.75, 3.05) is 13.1 Å². The Hall–Kier alpha value is -1.26. The van der Waals surface area contributed by atoms with E-state index in [2.05, 4.69) is 5.16 Å². The second-order valence-electron chi connectivity index (χ2n) is 5.07. The van der Waals surface area contributed by atoms with Gasteiger partial charge in [-0.15, -0.1) is 5.16 Å². The molecule has 0 spiro atoms. The molecular formula is C11H20N2O3. The minimum absolute atomic E-state index is 0.258. The average molecular weight is 228 g/mol. The normalized spacial score (nSPS) is 19.1. The van der Waals surface area contributed by atoms with Crippen LogP contribution in [0.3, 0.4) is 0 Å². The molecule has 1 amide bonds. The van der Waals surface area contributed by atoms with Crippen molar-refractivity contribution in [2.24, 2.45) is 11.1 Å². The Bertz CT molecular complexity index is 263. The summed E-state index contributed by atoms with van der Waals surface area (Å²) in [6.07, 6.45) is 2.92. The fourth-order valence-corrected chi connectivity index (χ4v) is 1.65. The highest BCUT2D eigenvalue weighted by molar-refractivity contribution is 5.69. The second-order valence-corrected chi connectivity index (χ2v) is 5.07. The average Bonchev–Trinajstić information content (AvgIpc) is 2.16. The van der Waals surface area contributed by atoms with Crippen molar-refractivity contribution in [1.29, 1.82) is 0 Å². The van der Waals surface area contributed by atoms with Crippen molar-refractivity contribution in [3.05, 3.63) is 0 Å². The van der Waals surface area contributed by atoms with Crippen LogP contribution in [0.4, 0.5) is 4.79 Å². The van der Waals surface area contributed by atoms with Crippen molar-refractivity contribution in [3.63, 3.8) is 0 Å². The molecule has 0 aromatic rings. The van der Waals surface area contributed by atoms with Gasteiger partial charge in [0.25, 0.3) is 0 Å². The Morgan fingerprint density at radius 2 is 2.00 bits per heavy atom. The van der Waals surface area contributed by atoms with Crippen LogP contribution in [0.15, 0.2) is 5.16 Å². The Labute approximate surface area is 96.1 Å². The Morgan fingerprint density at radius 3 is 2.44 bits per heavy atom. The number of nitrogens with zero attached hydrogens (tertiary/aromatic N) is 2. The number of rotatable bonds is 1. The van der Waals surface area contributed by atoms with Crippen LogP contribution in [0.5, 0.6) is 0 Å². The molecule has 1 N–H and O–H groups in total. The molecule has 1 rings (SSSR count). The number of ether oxygens (including phenoxy) is 1. The van der Waals surface area contributed by atoms with Crippen LogP contribution in [0.1, 0.15) is 33.6 Å². The molecule has 0 aromatic heterocycles. The molecule has 92 valence electrons. The van der Waals surface area contributed by atoms with Gasteiger partial charge in [-0.2, -0.15) is 0 Å². The summed E-state index contributed by atoms with van der Waals surface area (Å²) in [6.45, 7) is 6.89. The minimum Gasteiger partial charge on any atom is -0.444 e. The SMILES string of the molecule is CC(C)(C)OC(=O)N1CCC(C=NO)CC1. The van der Waals surface area contributed by atoms with E-state index in [0.29, 0.717) is 13.1 Å². The third kappa shape index (κ3) is 4.08. The van der Waals surface area contributed by atoms with Gasteiger partial charge < -0.3 is 14.8 Å². The summed E-state index contributed by atoms with van der Waals surface area (Å²) in [4.78, 5) is 13.4. The first-order valence-electron chi connectivity index (χ1n) is 5.58. The van der Waals surface area contributed by atoms with Crippen LogP contribution in [0.25, 0.3) is 0 Å². The second kappa shape index (κ2) is 5.18. The van der Waals surface area contributed by atoms with Crippen molar-refractivity contribution >= 4 is 12.3 Å². The van der Waals surface area contributed by atoms with E-state index in [9.17, 15) is 4.79 Å². The van der Waals surface area contributed by atoms with Crippen molar-refractivity contribution in [3.8, 4) is 0 Å². The Kier molecular flexibility index (Phi) is 4.15. The maximum atomic E-state index is 11.7. The summed E-state index contributed by atoms with van der Waals surface area (Å²) in [7, 11) is 0. The molecule has 0 aromatic carbocycles. The molecule has 0 radical (unpaired) electrons. The van der Waals surface area contributed by atoms with E-state index in [-0.39, 0.29) is 12.0 Å². The number of hydrogen-bond donors (Lipinski definition) is 1. The fourth-order valence-electron chi connectivity index (χ4n) is 1.65. The Morgan fingerprint density at radius 1 is 1.44 bits per heavy atom. The molecule has 1 fully saturated rings. The van der Waals surface area contributed by atoms with E-state index < -0.39 is 5.60 Å². The van der Waals surface area contributed by atoms with Gasteiger partial charge >= 0.3 is 6.09 Å². The molecule has 5 heteroatoms.